The number of carbonyl (C=O) groups is 2. The van der Waals surface area contributed by atoms with Gasteiger partial charge in [0.1, 0.15) is 41.8 Å². The van der Waals surface area contributed by atoms with Crippen molar-refractivity contribution >= 4 is 33.5 Å². The highest BCUT2D eigenvalue weighted by molar-refractivity contribution is 7.87. The summed E-state index contributed by atoms with van der Waals surface area (Å²) in [5.41, 5.74) is 8.62. The molecule has 246 valence electrons. The van der Waals surface area contributed by atoms with E-state index in [1.807, 2.05) is 0 Å². The molecule has 4 aromatic rings. The van der Waals surface area contributed by atoms with Crippen molar-refractivity contribution in [1.82, 2.24) is 9.55 Å². The minimum absolute atomic E-state index is 0.0170. The number of nitrogens with two attached hydrogens (primary N) is 1. The van der Waals surface area contributed by atoms with Gasteiger partial charge in [-0.2, -0.15) is 17.8 Å². The number of anilines is 1. The van der Waals surface area contributed by atoms with Crippen molar-refractivity contribution in [2.24, 2.45) is 12.8 Å². The van der Waals surface area contributed by atoms with Crippen molar-refractivity contribution in [3.63, 3.8) is 0 Å². The zero-order valence-corrected chi connectivity index (χ0v) is 26.9. The molecule has 4 N–H and O–H groups in total. The fourth-order valence-electron chi connectivity index (χ4n) is 5.77. The molecular weight excluding hydrogens is 627 g/mol. The van der Waals surface area contributed by atoms with E-state index in [2.05, 4.69) is 17.3 Å². The molecule has 5 rings (SSSR count). The zero-order valence-electron chi connectivity index (χ0n) is 26.0. The second-order valence-electron chi connectivity index (χ2n) is 12.0. The number of likely N-dealkylation sites (tertiary alicyclic amines) is 1. The van der Waals surface area contributed by atoms with Crippen LogP contribution in [0.4, 0.5) is 14.9 Å². The Balaban J connectivity index is 1.44. The second kappa shape index (κ2) is 13.7. The minimum atomic E-state index is -4.16. The number of amides is 3. The van der Waals surface area contributed by atoms with Crippen LogP contribution in [0.3, 0.4) is 0 Å². The number of aryl methyl sites for hydroxylation is 1. The Morgan fingerprint density at radius 2 is 1.74 bits per heavy atom. The molecule has 1 saturated heterocycles. The summed E-state index contributed by atoms with van der Waals surface area (Å²) in [5, 5.41) is 12.3. The number of quaternary nitrogens is 1. The summed E-state index contributed by atoms with van der Waals surface area (Å²) in [5.74, 6) is -0.946. The molecule has 47 heavy (non-hydrogen) atoms. The molecule has 1 fully saturated rings. The Bertz CT molecular complexity index is 1890. The molecule has 12 nitrogen and oxygen atoms in total. The normalized spacial score (nSPS) is 18.3. The molecule has 14 heteroatoms. The number of benzene rings is 3. The van der Waals surface area contributed by atoms with Gasteiger partial charge in [-0.1, -0.05) is 24.3 Å². The van der Waals surface area contributed by atoms with Crippen LogP contribution in [0.2, 0.25) is 0 Å². The van der Waals surface area contributed by atoms with E-state index in [-0.39, 0.29) is 28.8 Å². The van der Waals surface area contributed by atoms with Crippen LogP contribution in [0.15, 0.2) is 90.3 Å². The topological polar surface area (TPSA) is 157 Å². The molecule has 1 aliphatic heterocycles. The third-order valence-corrected chi connectivity index (χ3v) is 9.15. The van der Waals surface area contributed by atoms with Crippen molar-refractivity contribution in [1.29, 1.82) is 0 Å². The first-order valence-electron chi connectivity index (χ1n) is 14.9. The maximum atomic E-state index is 14.1. The smallest absolute Gasteiger partial charge is 0.496 e. The van der Waals surface area contributed by atoms with Crippen molar-refractivity contribution in [2.45, 2.75) is 36.9 Å². The number of halogens is 1. The molecule has 2 heterocycles. The predicted octanol–water partition coefficient (Wildman–Crippen LogP) is 3.56. The van der Waals surface area contributed by atoms with Crippen LogP contribution in [0.1, 0.15) is 24.0 Å². The van der Waals surface area contributed by atoms with Crippen molar-refractivity contribution in [3.05, 3.63) is 102 Å². The number of aromatic nitrogens is 2. The van der Waals surface area contributed by atoms with E-state index < -0.39 is 28.1 Å². The third kappa shape index (κ3) is 8.40. The van der Waals surface area contributed by atoms with Crippen LogP contribution in [-0.4, -0.2) is 76.0 Å². The molecule has 0 aliphatic carbocycles. The Morgan fingerprint density at radius 3 is 2.36 bits per heavy atom. The number of nitrogens with one attached hydrogen (secondary N) is 1. The van der Waals surface area contributed by atoms with E-state index in [1.54, 1.807) is 31.3 Å². The second-order valence-corrected chi connectivity index (χ2v) is 13.5. The number of primary amides is 1. The molecule has 2 atom stereocenters. The summed E-state index contributed by atoms with van der Waals surface area (Å²) in [7, 11) is -0.477. The summed E-state index contributed by atoms with van der Waals surface area (Å²) in [4.78, 5) is 30.9. The third-order valence-electron chi connectivity index (χ3n) is 8.02. The van der Waals surface area contributed by atoms with Gasteiger partial charge in [0.2, 0.25) is 5.03 Å². The molecule has 3 aromatic carbocycles. The first-order chi connectivity index (χ1) is 22.3. The minimum Gasteiger partial charge on any atom is -0.508 e. The van der Waals surface area contributed by atoms with Gasteiger partial charge in [0.25, 0.3) is 5.91 Å². The fraction of sp³-hybridized carbons (Fsp3) is 0.273. The van der Waals surface area contributed by atoms with E-state index >= 15 is 0 Å². The summed E-state index contributed by atoms with van der Waals surface area (Å²) >= 11 is 0. The lowest BCUT2D eigenvalue weighted by molar-refractivity contribution is -0.918. The molecule has 3 amide bonds. The van der Waals surface area contributed by atoms with Gasteiger partial charge >= 0.3 is 16.1 Å². The summed E-state index contributed by atoms with van der Waals surface area (Å²) in [6, 6.07) is 16.8. The number of hydrogen-bond donors (Lipinski definition) is 3. The first-order valence-corrected chi connectivity index (χ1v) is 16.3. The number of phenols is 1. The lowest BCUT2D eigenvalue weighted by Gasteiger charge is -2.38. The summed E-state index contributed by atoms with van der Waals surface area (Å²) in [6.07, 6.45) is 4.04. The van der Waals surface area contributed by atoms with E-state index in [0.717, 1.165) is 18.5 Å². The molecular formula is C33H37FN6O6S+2. The van der Waals surface area contributed by atoms with Gasteiger partial charge in [0.15, 0.2) is 6.04 Å². The number of imidazole rings is 1. The molecule has 0 saturated carbocycles. The average Bonchev–Trinajstić information content (AvgIpc) is 3.47. The number of piperidine rings is 1. The van der Waals surface area contributed by atoms with Crippen molar-refractivity contribution in [2.75, 3.05) is 25.5 Å². The molecule has 1 aliphatic rings. The zero-order chi connectivity index (χ0) is 33.8. The maximum Gasteiger partial charge on any atom is 0.496 e. The van der Waals surface area contributed by atoms with Crippen LogP contribution in [0.25, 0.3) is 0 Å². The van der Waals surface area contributed by atoms with Gasteiger partial charge in [-0.05, 0) is 54.1 Å². The van der Waals surface area contributed by atoms with Crippen LogP contribution < -0.4 is 15.2 Å². The van der Waals surface area contributed by atoms with Gasteiger partial charge in [0, 0.05) is 38.1 Å². The highest BCUT2D eigenvalue weighted by Crippen LogP contribution is 2.23. The van der Waals surface area contributed by atoms with Gasteiger partial charge in [-0.15, -0.1) is 0 Å². The van der Waals surface area contributed by atoms with Gasteiger partial charge in [0.05, 0.1) is 19.9 Å². The van der Waals surface area contributed by atoms with Crippen LogP contribution in [0, 0.1) is 5.82 Å². The predicted molar refractivity (Wildman–Crippen MR) is 172 cm³/mol. The molecule has 1 unspecified atom stereocenters. The maximum absolute atomic E-state index is 14.1. The van der Waals surface area contributed by atoms with E-state index in [4.69, 9.17) is 9.92 Å². The summed E-state index contributed by atoms with van der Waals surface area (Å²) in [6.45, 7) is 1.82. The van der Waals surface area contributed by atoms with Crippen LogP contribution in [0.5, 0.6) is 11.5 Å². The van der Waals surface area contributed by atoms with Crippen molar-refractivity contribution in [3.8, 4) is 11.5 Å². The number of urea groups is 1. The van der Waals surface area contributed by atoms with E-state index in [1.165, 1.54) is 70.2 Å². The SMILES string of the molecule is Cn1cnc(S(=O)(=O)Oc2ccc(NC(=O)/[N+](=C3\CCC[N+](C)(Cc4ccc(F)cc4)C3)[C@@H](Cc3ccc(O)cc3)C(N)=O)cc2)c1. The molecule has 1 aromatic heterocycles. The van der Waals surface area contributed by atoms with Gasteiger partial charge < -0.3 is 24.1 Å². The Kier molecular flexibility index (Phi) is 9.72. The summed E-state index contributed by atoms with van der Waals surface area (Å²) < 4.78 is 47.3. The molecule has 0 radical (unpaired) electrons. The average molecular weight is 665 g/mol. The van der Waals surface area contributed by atoms with Crippen molar-refractivity contribution < 1.29 is 40.7 Å². The number of hydrogen-bond acceptors (Lipinski definition) is 7. The molecule has 0 bridgehead atoms. The number of aromatic hydroxyl groups is 1. The largest absolute Gasteiger partial charge is 0.508 e. The highest BCUT2D eigenvalue weighted by atomic mass is 32.2. The number of rotatable bonds is 10. The van der Waals surface area contributed by atoms with Crippen LogP contribution >= 0.6 is 0 Å². The van der Waals surface area contributed by atoms with E-state index in [9.17, 15) is 27.5 Å². The lowest BCUT2D eigenvalue weighted by Crippen LogP contribution is -2.56. The number of nitrogens with zero attached hydrogens (tertiary/aromatic N) is 4. The molecule has 0 spiro atoms. The monoisotopic (exact) mass is 664 g/mol. The Hall–Kier alpha value is -5.08. The number of carbonyl (C=O) groups excluding carboxylic acids is 2. The lowest BCUT2D eigenvalue weighted by atomic mass is 10.0. The van der Waals surface area contributed by atoms with Crippen LogP contribution in [-0.2, 0) is 34.9 Å². The van der Waals surface area contributed by atoms with E-state index in [0.29, 0.717) is 41.0 Å². The fourth-order valence-corrected chi connectivity index (χ4v) is 6.69. The standard InChI is InChI=1S/C33H35FN6O6S/c1-38-19-31(36-22-38)47(44,45)46-29-15-11-26(12-16-29)37-33(43)39(30(32(35)42)18-23-7-13-28(41)14-8-23)27-4-3-17-40(2,21-27)20-24-5-9-25(34)10-6-24/h5-16,19,22,30H,3-4,17-18,20-21H2,1-2H3,(H2-2,35,37,41,42,43)/p+2/b39-27+/t30-,40?/m0/s1. The Morgan fingerprint density at radius 1 is 1.09 bits per heavy atom. The van der Waals surface area contributed by atoms with Gasteiger partial charge in [-0.3, -0.25) is 4.79 Å². The number of phenolic OH excluding ortho intramolecular Hbond substituents is 1. The first kappa shape index (κ1) is 33.3. The van der Waals surface area contributed by atoms with Gasteiger partial charge in [-0.25, -0.2) is 14.7 Å². The highest BCUT2D eigenvalue weighted by Gasteiger charge is 2.39. The quantitative estimate of drug-likeness (QED) is 0.133. The Labute approximate surface area is 272 Å².